The molecule has 0 atom stereocenters. The van der Waals surface area contributed by atoms with Crippen molar-refractivity contribution in [3.63, 3.8) is 0 Å². The van der Waals surface area contributed by atoms with Crippen LogP contribution in [-0.4, -0.2) is 38.0 Å². The molecule has 2 N–H and O–H groups in total. The molecule has 2 heterocycles. The maximum Gasteiger partial charge on any atom is 0.234 e. The highest BCUT2D eigenvalue weighted by Gasteiger charge is 2.20. The van der Waals surface area contributed by atoms with E-state index in [2.05, 4.69) is 20.5 Å². The summed E-state index contributed by atoms with van der Waals surface area (Å²) in [5.41, 5.74) is 3.46. The van der Waals surface area contributed by atoms with Gasteiger partial charge >= 0.3 is 0 Å². The Bertz CT molecular complexity index is 1480. The van der Waals surface area contributed by atoms with Gasteiger partial charge in [-0.3, -0.25) is 9.36 Å². The normalized spacial score (nSPS) is 11.0. The number of anilines is 1. The van der Waals surface area contributed by atoms with Crippen LogP contribution in [0, 0.1) is 0 Å². The molecule has 5 rings (SSSR count). The van der Waals surface area contributed by atoms with Crippen LogP contribution in [0.2, 0.25) is 5.02 Å². The molecule has 0 saturated heterocycles. The third-order valence-corrected chi connectivity index (χ3v) is 6.47. The van der Waals surface area contributed by atoms with Gasteiger partial charge in [-0.25, -0.2) is 0 Å². The number of para-hydroxylation sites is 1. The number of halogens is 1. The molecule has 0 unspecified atom stereocenters. The summed E-state index contributed by atoms with van der Waals surface area (Å²) in [6.45, 7) is 2.54. The second kappa shape index (κ2) is 10.2. The Hall–Kier alpha value is -3.75. The summed E-state index contributed by atoms with van der Waals surface area (Å²) in [7, 11) is 0. The lowest BCUT2D eigenvalue weighted by molar-refractivity contribution is -0.113. The molecule has 176 valence electrons. The van der Waals surface area contributed by atoms with E-state index in [9.17, 15) is 4.79 Å². The number of amides is 1. The second-order valence-electron chi connectivity index (χ2n) is 7.66. The number of hydrogen-bond acceptors (Lipinski definition) is 5. The third kappa shape index (κ3) is 5.03. The number of aromatic amines is 1. The van der Waals surface area contributed by atoms with Crippen molar-refractivity contribution in [3.8, 4) is 22.8 Å². The first kappa shape index (κ1) is 23.0. The average molecular weight is 504 g/mol. The van der Waals surface area contributed by atoms with Crippen LogP contribution in [0.25, 0.3) is 28.0 Å². The average Bonchev–Trinajstić information content (AvgIpc) is 3.47. The molecule has 35 heavy (non-hydrogen) atoms. The monoisotopic (exact) mass is 503 g/mol. The molecule has 0 fully saturated rings. The molecular weight excluding hydrogens is 482 g/mol. The van der Waals surface area contributed by atoms with Crippen molar-refractivity contribution in [2.75, 3.05) is 17.7 Å². The fraction of sp³-hybridized carbons (Fsp3) is 0.115. The Kier molecular flexibility index (Phi) is 6.74. The molecule has 0 spiro atoms. The van der Waals surface area contributed by atoms with E-state index in [-0.39, 0.29) is 11.7 Å². The lowest BCUT2D eigenvalue weighted by atomic mass is 10.1. The maximum absolute atomic E-state index is 12.6. The van der Waals surface area contributed by atoms with Gasteiger partial charge in [0.25, 0.3) is 0 Å². The zero-order valence-electron chi connectivity index (χ0n) is 18.9. The Morgan fingerprint density at radius 3 is 2.71 bits per heavy atom. The standard InChI is InChI=1S/C26H22ClN5O2S/c1-2-34-20-12-10-19(11-13-20)32-25(22-15-28-23-9-4-3-8-21(22)23)30-31-26(32)35-16-24(33)29-18-7-5-6-17(27)14-18/h3-15,28H,2,16H2,1H3,(H,29,33). The molecule has 9 heteroatoms. The number of H-pyrrole nitrogens is 1. The topological polar surface area (TPSA) is 84.8 Å². The molecule has 0 radical (unpaired) electrons. The first-order chi connectivity index (χ1) is 17.1. The van der Waals surface area contributed by atoms with E-state index in [0.29, 0.717) is 28.3 Å². The van der Waals surface area contributed by atoms with Gasteiger partial charge in [0.05, 0.1) is 12.4 Å². The largest absolute Gasteiger partial charge is 0.494 e. The van der Waals surface area contributed by atoms with Gasteiger partial charge in [-0.15, -0.1) is 10.2 Å². The lowest BCUT2D eigenvalue weighted by Crippen LogP contribution is -2.14. The molecule has 2 aromatic heterocycles. The summed E-state index contributed by atoms with van der Waals surface area (Å²) in [6, 6.07) is 22.9. The number of nitrogens with zero attached hydrogens (tertiary/aromatic N) is 3. The quantitative estimate of drug-likeness (QED) is 0.246. The van der Waals surface area contributed by atoms with Crippen LogP contribution in [0.3, 0.4) is 0 Å². The fourth-order valence-electron chi connectivity index (χ4n) is 3.78. The summed E-state index contributed by atoms with van der Waals surface area (Å²) < 4.78 is 7.56. The summed E-state index contributed by atoms with van der Waals surface area (Å²) >= 11 is 7.34. The predicted molar refractivity (Wildman–Crippen MR) is 141 cm³/mol. The number of ether oxygens (including phenoxy) is 1. The summed E-state index contributed by atoms with van der Waals surface area (Å²) in [6.07, 6.45) is 1.93. The lowest BCUT2D eigenvalue weighted by Gasteiger charge is -2.11. The number of hydrogen-bond donors (Lipinski definition) is 2. The number of fused-ring (bicyclic) bond motifs is 1. The predicted octanol–water partition coefficient (Wildman–Crippen LogP) is 6.20. The number of benzene rings is 3. The van der Waals surface area contributed by atoms with E-state index in [1.165, 1.54) is 11.8 Å². The number of nitrogens with one attached hydrogen (secondary N) is 2. The van der Waals surface area contributed by atoms with Gasteiger partial charge in [-0.2, -0.15) is 0 Å². The van der Waals surface area contributed by atoms with Gasteiger partial charge in [-0.1, -0.05) is 47.6 Å². The number of rotatable bonds is 8. The Balaban J connectivity index is 1.47. The minimum atomic E-state index is -0.160. The smallest absolute Gasteiger partial charge is 0.234 e. The highest BCUT2D eigenvalue weighted by atomic mass is 35.5. The van der Waals surface area contributed by atoms with Gasteiger partial charge in [0, 0.05) is 39.1 Å². The molecule has 0 aliphatic heterocycles. The van der Waals surface area contributed by atoms with Crippen molar-refractivity contribution in [1.29, 1.82) is 0 Å². The fourth-order valence-corrected chi connectivity index (χ4v) is 4.72. The molecule has 3 aromatic carbocycles. The first-order valence-corrected chi connectivity index (χ1v) is 12.4. The number of carbonyl (C=O) groups excluding carboxylic acids is 1. The minimum absolute atomic E-state index is 0.160. The van der Waals surface area contributed by atoms with E-state index >= 15 is 0 Å². The van der Waals surface area contributed by atoms with Crippen LogP contribution < -0.4 is 10.1 Å². The van der Waals surface area contributed by atoms with Crippen molar-refractivity contribution in [2.45, 2.75) is 12.1 Å². The van der Waals surface area contributed by atoms with Crippen molar-refractivity contribution >= 4 is 45.9 Å². The van der Waals surface area contributed by atoms with Crippen LogP contribution in [0.5, 0.6) is 5.75 Å². The second-order valence-corrected chi connectivity index (χ2v) is 9.04. The highest BCUT2D eigenvalue weighted by Crippen LogP contribution is 2.33. The van der Waals surface area contributed by atoms with Crippen molar-refractivity contribution in [1.82, 2.24) is 19.7 Å². The Morgan fingerprint density at radius 2 is 1.91 bits per heavy atom. The van der Waals surface area contributed by atoms with Crippen LogP contribution in [0.15, 0.2) is 84.1 Å². The summed E-state index contributed by atoms with van der Waals surface area (Å²) in [5, 5.41) is 14.0. The summed E-state index contributed by atoms with van der Waals surface area (Å²) in [4.78, 5) is 15.9. The van der Waals surface area contributed by atoms with Crippen molar-refractivity contribution in [3.05, 3.63) is 84.0 Å². The number of carbonyl (C=O) groups is 1. The molecule has 0 bridgehead atoms. The van der Waals surface area contributed by atoms with Gasteiger partial charge in [0.15, 0.2) is 11.0 Å². The third-order valence-electron chi connectivity index (χ3n) is 5.31. The van der Waals surface area contributed by atoms with Crippen molar-refractivity contribution in [2.24, 2.45) is 0 Å². The molecule has 0 aliphatic carbocycles. The molecule has 7 nitrogen and oxygen atoms in total. The molecule has 0 aliphatic rings. The van der Waals surface area contributed by atoms with E-state index in [1.54, 1.807) is 24.3 Å². The van der Waals surface area contributed by atoms with Crippen LogP contribution in [-0.2, 0) is 4.79 Å². The first-order valence-electron chi connectivity index (χ1n) is 11.1. The van der Waals surface area contributed by atoms with Gasteiger partial charge in [0.1, 0.15) is 5.75 Å². The molecule has 0 saturated carbocycles. The van der Waals surface area contributed by atoms with E-state index in [4.69, 9.17) is 16.3 Å². The van der Waals surface area contributed by atoms with E-state index < -0.39 is 0 Å². The van der Waals surface area contributed by atoms with Crippen molar-refractivity contribution < 1.29 is 9.53 Å². The SMILES string of the molecule is CCOc1ccc(-n2c(SCC(=O)Nc3cccc(Cl)c3)nnc2-c2c[nH]c3ccccc23)cc1. The maximum atomic E-state index is 12.6. The van der Waals surface area contributed by atoms with Gasteiger partial charge in [-0.05, 0) is 55.5 Å². The molecule has 1 amide bonds. The highest BCUT2D eigenvalue weighted by molar-refractivity contribution is 7.99. The zero-order chi connectivity index (χ0) is 24.2. The van der Waals surface area contributed by atoms with Crippen LogP contribution in [0.4, 0.5) is 5.69 Å². The van der Waals surface area contributed by atoms with E-state index in [0.717, 1.165) is 27.9 Å². The van der Waals surface area contributed by atoms with Gasteiger partial charge < -0.3 is 15.0 Å². The minimum Gasteiger partial charge on any atom is -0.494 e. The van der Waals surface area contributed by atoms with Crippen LogP contribution >= 0.6 is 23.4 Å². The zero-order valence-corrected chi connectivity index (χ0v) is 20.4. The number of aromatic nitrogens is 4. The Morgan fingerprint density at radius 1 is 1.09 bits per heavy atom. The van der Waals surface area contributed by atoms with Gasteiger partial charge in [0.2, 0.25) is 5.91 Å². The van der Waals surface area contributed by atoms with Crippen LogP contribution in [0.1, 0.15) is 6.92 Å². The summed E-state index contributed by atoms with van der Waals surface area (Å²) in [5.74, 6) is 1.47. The molecule has 5 aromatic rings. The molecular formula is C26H22ClN5O2S. The Labute approximate surface area is 211 Å². The number of thioether (sulfide) groups is 1. The van der Waals surface area contributed by atoms with E-state index in [1.807, 2.05) is 66.2 Å².